The van der Waals surface area contributed by atoms with Gasteiger partial charge in [0.05, 0.1) is 6.10 Å². The van der Waals surface area contributed by atoms with Crippen molar-refractivity contribution in [2.45, 2.75) is 32.8 Å². The number of anilines is 1. The van der Waals surface area contributed by atoms with E-state index in [0.717, 1.165) is 30.8 Å². The van der Waals surface area contributed by atoms with Crippen molar-refractivity contribution in [1.29, 1.82) is 0 Å². The molecule has 4 heteroatoms. The third-order valence-electron chi connectivity index (χ3n) is 3.38. The van der Waals surface area contributed by atoms with E-state index in [1.54, 1.807) is 0 Å². The second kappa shape index (κ2) is 6.98. The first-order valence-electron chi connectivity index (χ1n) is 7.16. The predicted octanol–water partition coefficient (Wildman–Crippen LogP) is 3.25. The van der Waals surface area contributed by atoms with Crippen LogP contribution in [0.5, 0.6) is 5.75 Å². The SMILES string of the molecule is CCC(C)Oc1cccc(NCCc2ccnn2C)c1. The number of nitrogens with zero attached hydrogens (tertiary/aromatic N) is 2. The molecule has 1 N–H and O–H groups in total. The fourth-order valence-electron chi connectivity index (χ4n) is 1.98. The topological polar surface area (TPSA) is 39.1 Å². The summed E-state index contributed by atoms with van der Waals surface area (Å²) in [5, 5.41) is 7.59. The van der Waals surface area contributed by atoms with Gasteiger partial charge in [0.1, 0.15) is 5.75 Å². The Bertz CT molecular complexity index is 536. The van der Waals surface area contributed by atoms with E-state index in [1.165, 1.54) is 5.69 Å². The van der Waals surface area contributed by atoms with Crippen molar-refractivity contribution in [1.82, 2.24) is 9.78 Å². The first kappa shape index (κ1) is 14.4. The van der Waals surface area contributed by atoms with Gasteiger partial charge in [-0.25, -0.2) is 0 Å². The first-order chi connectivity index (χ1) is 9.69. The molecule has 1 aromatic heterocycles. The van der Waals surface area contributed by atoms with Crippen LogP contribution < -0.4 is 10.1 Å². The molecule has 20 heavy (non-hydrogen) atoms. The summed E-state index contributed by atoms with van der Waals surface area (Å²) in [5.41, 5.74) is 2.32. The van der Waals surface area contributed by atoms with Gasteiger partial charge in [0.15, 0.2) is 0 Å². The molecule has 0 saturated carbocycles. The Balaban J connectivity index is 1.86. The zero-order valence-corrected chi connectivity index (χ0v) is 12.5. The summed E-state index contributed by atoms with van der Waals surface area (Å²) in [6.45, 7) is 5.09. The van der Waals surface area contributed by atoms with Crippen LogP contribution in [0.25, 0.3) is 0 Å². The van der Waals surface area contributed by atoms with Gasteiger partial charge in [0.25, 0.3) is 0 Å². The predicted molar refractivity (Wildman–Crippen MR) is 82.2 cm³/mol. The average Bonchev–Trinajstić information content (AvgIpc) is 2.85. The lowest BCUT2D eigenvalue weighted by atomic mass is 10.2. The largest absolute Gasteiger partial charge is 0.491 e. The Morgan fingerprint density at radius 3 is 2.90 bits per heavy atom. The minimum Gasteiger partial charge on any atom is -0.491 e. The fourth-order valence-corrected chi connectivity index (χ4v) is 1.98. The highest BCUT2D eigenvalue weighted by Crippen LogP contribution is 2.19. The third-order valence-corrected chi connectivity index (χ3v) is 3.38. The quantitative estimate of drug-likeness (QED) is 0.841. The van der Waals surface area contributed by atoms with Gasteiger partial charge in [-0.15, -0.1) is 0 Å². The van der Waals surface area contributed by atoms with Crippen molar-refractivity contribution in [3.05, 3.63) is 42.2 Å². The van der Waals surface area contributed by atoms with Crippen LogP contribution >= 0.6 is 0 Å². The lowest BCUT2D eigenvalue weighted by Crippen LogP contribution is -2.10. The van der Waals surface area contributed by atoms with Gasteiger partial charge in [0.2, 0.25) is 0 Å². The van der Waals surface area contributed by atoms with Gasteiger partial charge in [-0.1, -0.05) is 13.0 Å². The van der Waals surface area contributed by atoms with Crippen molar-refractivity contribution < 1.29 is 4.74 Å². The lowest BCUT2D eigenvalue weighted by Gasteiger charge is -2.14. The van der Waals surface area contributed by atoms with E-state index >= 15 is 0 Å². The minimum atomic E-state index is 0.250. The molecular weight excluding hydrogens is 250 g/mol. The smallest absolute Gasteiger partial charge is 0.121 e. The number of benzene rings is 1. The summed E-state index contributed by atoms with van der Waals surface area (Å²) in [6, 6.07) is 10.2. The molecule has 2 aromatic rings. The molecular formula is C16H23N3O. The van der Waals surface area contributed by atoms with Gasteiger partial charge in [-0.05, 0) is 31.5 Å². The fraction of sp³-hybridized carbons (Fsp3) is 0.438. The van der Waals surface area contributed by atoms with E-state index in [9.17, 15) is 0 Å². The second-order valence-electron chi connectivity index (χ2n) is 4.99. The lowest BCUT2D eigenvalue weighted by molar-refractivity contribution is 0.217. The van der Waals surface area contributed by atoms with Gasteiger partial charge in [0, 0.05) is 43.7 Å². The summed E-state index contributed by atoms with van der Waals surface area (Å²) in [4.78, 5) is 0. The maximum atomic E-state index is 5.82. The number of aryl methyl sites for hydroxylation is 1. The average molecular weight is 273 g/mol. The summed E-state index contributed by atoms with van der Waals surface area (Å²) < 4.78 is 7.73. The van der Waals surface area contributed by atoms with E-state index in [0.29, 0.717) is 0 Å². The highest BCUT2D eigenvalue weighted by molar-refractivity contribution is 5.48. The Kier molecular flexibility index (Phi) is 5.04. The maximum Gasteiger partial charge on any atom is 0.121 e. The van der Waals surface area contributed by atoms with Crippen LogP contribution in [0, 0.1) is 0 Å². The normalized spacial score (nSPS) is 12.2. The Morgan fingerprint density at radius 1 is 1.35 bits per heavy atom. The van der Waals surface area contributed by atoms with Crippen molar-refractivity contribution in [2.24, 2.45) is 7.05 Å². The molecule has 4 nitrogen and oxygen atoms in total. The Morgan fingerprint density at radius 2 is 2.20 bits per heavy atom. The summed E-state index contributed by atoms with van der Waals surface area (Å²) >= 11 is 0. The number of hydrogen-bond acceptors (Lipinski definition) is 3. The van der Waals surface area contributed by atoms with E-state index in [-0.39, 0.29) is 6.10 Å². The Hall–Kier alpha value is -1.97. The second-order valence-corrected chi connectivity index (χ2v) is 4.99. The van der Waals surface area contributed by atoms with Crippen LogP contribution in [-0.2, 0) is 13.5 Å². The van der Waals surface area contributed by atoms with E-state index in [2.05, 4.69) is 36.4 Å². The number of nitrogens with one attached hydrogen (secondary N) is 1. The molecule has 0 spiro atoms. The van der Waals surface area contributed by atoms with Crippen LogP contribution in [0.1, 0.15) is 26.0 Å². The molecule has 1 heterocycles. The van der Waals surface area contributed by atoms with E-state index in [4.69, 9.17) is 4.74 Å². The molecule has 0 radical (unpaired) electrons. The number of hydrogen-bond donors (Lipinski definition) is 1. The van der Waals surface area contributed by atoms with E-state index < -0.39 is 0 Å². The number of rotatable bonds is 7. The molecule has 0 aliphatic heterocycles. The zero-order valence-electron chi connectivity index (χ0n) is 12.5. The first-order valence-corrected chi connectivity index (χ1v) is 7.16. The monoisotopic (exact) mass is 273 g/mol. The molecule has 0 fully saturated rings. The van der Waals surface area contributed by atoms with Crippen LogP contribution in [0.3, 0.4) is 0 Å². The van der Waals surface area contributed by atoms with E-state index in [1.807, 2.05) is 36.1 Å². The van der Waals surface area contributed by atoms with Crippen LogP contribution in [0.4, 0.5) is 5.69 Å². The molecule has 1 unspecified atom stereocenters. The van der Waals surface area contributed by atoms with Crippen LogP contribution in [-0.4, -0.2) is 22.4 Å². The van der Waals surface area contributed by atoms with Crippen molar-refractivity contribution in [2.75, 3.05) is 11.9 Å². The zero-order chi connectivity index (χ0) is 14.4. The standard InChI is InChI=1S/C16H23N3O/c1-4-13(2)20-16-7-5-6-14(12-16)17-10-8-15-9-11-18-19(15)3/h5-7,9,11-13,17H,4,8,10H2,1-3H3. The number of aromatic nitrogens is 2. The van der Waals surface area contributed by atoms with Crippen LogP contribution in [0.15, 0.2) is 36.5 Å². The molecule has 0 bridgehead atoms. The molecule has 108 valence electrons. The van der Waals surface area contributed by atoms with Crippen molar-refractivity contribution in [3.8, 4) is 5.75 Å². The van der Waals surface area contributed by atoms with Gasteiger partial charge < -0.3 is 10.1 Å². The van der Waals surface area contributed by atoms with Gasteiger partial charge in [-0.2, -0.15) is 5.10 Å². The van der Waals surface area contributed by atoms with Crippen molar-refractivity contribution in [3.63, 3.8) is 0 Å². The molecule has 0 aliphatic rings. The molecule has 0 amide bonds. The van der Waals surface area contributed by atoms with Gasteiger partial charge in [-0.3, -0.25) is 4.68 Å². The highest BCUT2D eigenvalue weighted by Gasteiger charge is 2.02. The van der Waals surface area contributed by atoms with Crippen LogP contribution in [0.2, 0.25) is 0 Å². The molecule has 0 aliphatic carbocycles. The molecule has 0 saturated heterocycles. The minimum absolute atomic E-state index is 0.250. The van der Waals surface area contributed by atoms with Crippen molar-refractivity contribution >= 4 is 5.69 Å². The Labute approximate surface area is 120 Å². The maximum absolute atomic E-state index is 5.82. The summed E-state index contributed by atoms with van der Waals surface area (Å²) in [7, 11) is 1.97. The summed E-state index contributed by atoms with van der Waals surface area (Å²) in [6.07, 6.45) is 4.04. The molecule has 2 rings (SSSR count). The number of ether oxygens (including phenoxy) is 1. The highest BCUT2D eigenvalue weighted by atomic mass is 16.5. The third kappa shape index (κ3) is 4.02. The van der Waals surface area contributed by atoms with Gasteiger partial charge >= 0.3 is 0 Å². The molecule has 1 aromatic carbocycles. The molecule has 1 atom stereocenters. The summed E-state index contributed by atoms with van der Waals surface area (Å²) in [5.74, 6) is 0.921.